The summed E-state index contributed by atoms with van der Waals surface area (Å²) in [5.74, 6) is 0.736. The average Bonchev–Trinajstić information content (AvgIpc) is 3.58. The second-order valence-corrected chi connectivity index (χ2v) is 10.6. The lowest BCUT2D eigenvalue weighted by molar-refractivity contribution is -0.140. The molecule has 0 saturated carbocycles. The Labute approximate surface area is 232 Å². The molecule has 2 aromatic carbocycles. The molecule has 1 unspecified atom stereocenters. The van der Waals surface area contributed by atoms with Crippen LogP contribution in [0.1, 0.15) is 34.7 Å². The number of hydrogen-bond acceptors (Lipinski definition) is 7. The van der Waals surface area contributed by atoms with Gasteiger partial charge in [0.2, 0.25) is 11.8 Å². The van der Waals surface area contributed by atoms with Crippen molar-refractivity contribution in [3.63, 3.8) is 0 Å². The van der Waals surface area contributed by atoms with E-state index in [9.17, 15) is 9.59 Å². The van der Waals surface area contributed by atoms with E-state index in [1.807, 2.05) is 55.6 Å². The highest BCUT2D eigenvalue weighted by Gasteiger charge is 2.42. The second-order valence-electron chi connectivity index (χ2n) is 10.6. The fourth-order valence-electron chi connectivity index (χ4n) is 5.97. The van der Waals surface area contributed by atoms with Crippen LogP contribution in [0.4, 0.5) is 0 Å². The summed E-state index contributed by atoms with van der Waals surface area (Å²) >= 11 is 0. The van der Waals surface area contributed by atoms with E-state index in [2.05, 4.69) is 25.9 Å². The number of aryl methyl sites for hydroxylation is 1. The van der Waals surface area contributed by atoms with E-state index in [0.29, 0.717) is 26.1 Å². The van der Waals surface area contributed by atoms with Gasteiger partial charge in [-0.25, -0.2) is 4.68 Å². The molecule has 2 amide bonds. The van der Waals surface area contributed by atoms with Crippen molar-refractivity contribution in [1.29, 1.82) is 0 Å². The molecule has 0 radical (unpaired) electrons. The van der Waals surface area contributed by atoms with Gasteiger partial charge in [0.05, 0.1) is 12.6 Å². The SMILES string of the molecule is COc1ccc2c(c1)CCNC2C(=O)N1C[C@H](Cc2ccncc2)C[C@H]1C(=O)NCc1ccc2c(c1)nnn2C. The number of aromatic nitrogens is 4. The van der Waals surface area contributed by atoms with Gasteiger partial charge < -0.3 is 20.3 Å². The third kappa shape index (κ3) is 5.14. The molecule has 4 aromatic rings. The summed E-state index contributed by atoms with van der Waals surface area (Å²) in [5, 5.41) is 14.7. The monoisotopic (exact) mass is 539 g/mol. The van der Waals surface area contributed by atoms with Crippen LogP contribution in [0.5, 0.6) is 5.75 Å². The van der Waals surface area contributed by atoms with Crippen molar-refractivity contribution in [3.8, 4) is 5.75 Å². The molecule has 6 rings (SSSR count). The zero-order valence-corrected chi connectivity index (χ0v) is 22.7. The minimum atomic E-state index is -0.551. The smallest absolute Gasteiger partial charge is 0.245 e. The predicted octanol–water partition coefficient (Wildman–Crippen LogP) is 2.33. The molecule has 2 aromatic heterocycles. The molecule has 4 heterocycles. The number of rotatable bonds is 7. The molecule has 0 bridgehead atoms. The molecule has 10 nitrogen and oxygen atoms in total. The van der Waals surface area contributed by atoms with E-state index in [-0.39, 0.29) is 17.7 Å². The van der Waals surface area contributed by atoms with Gasteiger partial charge in [0.1, 0.15) is 23.3 Å². The summed E-state index contributed by atoms with van der Waals surface area (Å²) in [6.45, 7) is 1.56. The summed E-state index contributed by atoms with van der Waals surface area (Å²) in [4.78, 5) is 33.6. The maximum absolute atomic E-state index is 14.1. The first kappa shape index (κ1) is 25.9. The summed E-state index contributed by atoms with van der Waals surface area (Å²) in [7, 11) is 3.49. The van der Waals surface area contributed by atoms with Crippen LogP contribution in [-0.2, 0) is 36.0 Å². The number of carbonyl (C=O) groups is 2. The maximum Gasteiger partial charge on any atom is 0.245 e. The van der Waals surface area contributed by atoms with Gasteiger partial charge in [-0.3, -0.25) is 14.6 Å². The largest absolute Gasteiger partial charge is 0.497 e. The Balaban J connectivity index is 1.22. The zero-order valence-electron chi connectivity index (χ0n) is 22.7. The van der Waals surface area contributed by atoms with Crippen LogP contribution in [0.15, 0.2) is 60.9 Å². The van der Waals surface area contributed by atoms with Crippen LogP contribution in [0.25, 0.3) is 11.0 Å². The molecule has 40 heavy (non-hydrogen) atoms. The molecule has 2 aliphatic heterocycles. The van der Waals surface area contributed by atoms with Crippen molar-refractivity contribution < 1.29 is 14.3 Å². The fourth-order valence-corrected chi connectivity index (χ4v) is 5.97. The number of nitrogens with one attached hydrogen (secondary N) is 2. The van der Waals surface area contributed by atoms with Crippen LogP contribution in [0, 0.1) is 5.92 Å². The fraction of sp³-hybridized carbons (Fsp3) is 0.367. The van der Waals surface area contributed by atoms with Crippen molar-refractivity contribution in [2.75, 3.05) is 20.2 Å². The Kier molecular flexibility index (Phi) is 7.17. The highest BCUT2D eigenvalue weighted by molar-refractivity contribution is 5.91. The molecule has 2 aliphatic rings. The number of carbonyl (C=O) groups excluding carboxylic acids is 2. The van der Waals surface area contributed by atoms with Crippen LogP contribution in [0.2, 0.25) is 0 Å². The van der Waals surface area contributed by atoms with Crippen molar-refractivity contribution in [2.45, 2.75) is 37.9 Å². The maximum atomic E-state index is 14.1. The predicted molar refractivity (Wildman–Crippen MR) is 149 cm³/mol. The number of hydrogen-bond donors (Lipinski definition) is 2. The van der Waals surface area contributed by atoms with Crippen molar-refractivity contribution in [1.82, 2.24) is 35.5 Å². The van der Waals surface area contributed by atoms with Crippen LogP contribution < -0.4 is 15.4 Å². The normalized spacial score (nSPS) is 20.4. The van der Waals surface area contributed by atoms with Gasteiger partial charge in [-0.05, 0) is 83.8 Å². The standard InChI is InChI=1S/C30H33N7O3/c1-36-26-6-3-20(14-25(26)34-35-36)17-33-29(38)27-15-21(13-19-7-10-31-11-8-19)18-37(27)30(39)28-24-5-4-23(40-2)16-22(24)9-12-32-28/h3-8,10-11,14,16,21,27-28,32H,9,12-13,15,17-18H2,1-2H3,(H,33,38)/t21-,27+,28?/m1/s1. The topological polar surface area (TPSA) is 114 Å². The highest BCUT2D eigenvalue weighted by atomic mass is 16.5. The first-order valence-electron chi connectivity index (χ1n) is 13.7. The van der Waals surface area contributed by atoms with E-state index in [1.165, 1.54) is 0 Å². The van der Waals surface area contributed by atoms with Gasteiger partial charge in [0.25, 0.3) is 0 Å². The molecule has 2 N–H and O–H groups in total. The van der Waals surface area contributed by atoms with E-state index >= 15 is 0 Å². The van der Waals surface area contributed by atoms with Crippen molar-refractivity contribution in [2.24, 2.45) is 13.0 Å². The summed E-state index contributed by atoms with van der Waals surface area (Å²) in [6, 6.07) is 14.7. The first-order chi connectivity index (χ1) is 19.5. The second kappa shape index (κ2) is 11.1. The van der Waals surface area contributed by atoms with Gasteiger partial charge in [0.15, 0.2) is 0 Å². The number of benzene rings is 2. The van der Waals surface area contributed by atoms with Gasteiger partial charge in [0, 0.05) is 39.1 Å². The Morgan fingerprint density at radius 3 is 2.77 bits per heavy atom. The number of pyridine rings is 1. The van der Waals surface area contributed by atoms with E-state index in [4.69, 9.17) is 4.74 Å². The zero-order chi connectivity index (χ0) is 27.6. The summed E-state index contributed by atoms with van der Waals surface area (Å²) in [6.07, 6.45) is 5.77. The molecule has 206 valence electrons. The van der Waals surface area contributed by atoms with E-state index in [0.717, 1.165) is 51.9 Å². The lowest BCUT2D eigenvalue weighted by Crippen LogP contribution is -2.50. The number of likely N-dealkylation sites (tertiary alicyclic amines) is 1. The first-order valence-corrected chi connectivity index (χ1v) is 13.7. The number of methoxy groups -OCH3 is 1. The Morgan fingerprint density at radius 2 is 1.95 bits per heavy atom. The lowest BCUT2D eigenvalue weighted by atomic mass is 9.93. The molecule has 0 aliphatic carbocycles. The van der Waals surface area contributed by atoms with Gasteiger partial charge >= 0.3 is 0 Å². The van der Waals surface area contributed by atoms with Crippen molar-refractivity contribution in [3.05, 3.63) is 83.2 Å². The number of amides is 2. The lowest BCUT2D eigenvalue weighted by Gasteiger charge is -2.32. The Morgan fingerprint density at radius 1 is 1.10 bits per heavy atom. The average molecular weight is 540 g/mol. The molecule has 0 spiro atoms. The third-order valence-corrected chi connectivity index (χ3v) is 8.04. The van der Waals surface area contributed by atoms with Gasteiger partial charge in [-0.1, -0.05) is 17.3 Å². The minimum Gasteiger partial charge on any atom is -0.497 e. The van der Waals surface area contributed by atoms with Gasteiger partial charge in [-0.15, -0.1) is 5.10 Å². The van der Waals surface area contributed by atoms with Crippen LogP contribution >= 0.6 is 0 Å². The molecule has 3 atom stereocenters. The Hall–Kier alpha value is -4.31. The third-order valence-electron chi connectivity index (χ3n) is 8.04. The number of ether oxygens (including phenoxy) is 1. The number of nitrogens with zero attached hydrogens (tertiary/aromatic N) is 5. The highest BCUT2D eigenvalue weighted by Crippen LogP contribution is 2.33. The van der Waals surface area contributed by atoms with Crippen LogP contribution in [-0.4, -0.2) is 62.9 Å². The number of fused-ring (bicyclic) bond motifs is 2. The molecule has 1 saturated heterocycles. The van der Waals surface area contributed by atoms with Crippen molar-refractivity contribution >= 4 is 22.8 Å². The molecular formula is C30H33N7O3. The van der Waals surface area contributed by atoms with Gasteiger partial charge in [-0.2, -0.15) is 0 Å². The van der Waals surface area contributed by atoms with Crippen LogP contribution in [0.3, 0.4) is 0 Å². The molecular weight excluding hydrogens is 506 g/mol. The minimum absolute atomic E-state index is 0.0653. The quantitative estimate of drug-likeness (QED) is 0.371. The summed E-state index contributed by atoms with van der Waals surface area (Å²) < 4.78 is 7.12. The summed E-state index contributed by atoms with van der Waals surface area (Å²) in [5.41, 5.74) is 5.85. The Bertz CT molecular complexity index is 1540. The molecule has 10 heteroatoms. The molecule has 1 fully saturated rings. The van der Waals surface area contributed by atoms with E-state index < -0.39 is 12.1 Å². The van der Waals surface area contributed by atoms with E-state index in [1.54, 1.807) is 29.1 Å².